The first-order valence-corrected chi connectivity index (χ1v) is 11.5. The zero-order valence-electron chi connectivity index (χ0n) is 17.2. The van der Waals surface area contributed by atoms with Crippen molar-refractivity contribution in [2.75, 3.05) is 0 Å². The summed E-state index contributed by atoms with van der Waals surface area (Å²) < 4.78 is 11.6. The highest BCUT2D eigenvalue weighted by atomic mass is 35.5. The van der Waals surface area contributed by atoms with Crippen LogP contribution in [0.4, 0.5) is 0 Å². The lowest BCUT2D eigenvalue weighted by Crippen LogP contribution is -2.41. The van der Waals surface area contributed by atoms with Gasteiger partial charge in [0.25, 0.3) is 0 Å². The molecule has 2 heterocycles. The van der Waals surface area contributed by atoms with Gasteiger partial charge in [-0.3, -0.25) is 9.59 Å². The molecule has 2 aliphatic carbocycles. The Morgan fingerprint density at radius 2 is 1.94 bits per heavy atom. The third-order valence-electron chi connectivity index (χ3n) is 7.34. The maximum absolute atomic E-state index is 13.2. The van der Waals surface area contributed by atoms with Crippen molar-refractivity contribution in [2.24, 2.45) is 5.92 Å². The van der Waals surface area contributed by atoms with E-state index >= 15 is 0 Å². The molecule has 5 nitrogen and oxygen atoms in total. The fourth-order valence-electron chi connectivity index (χ4n) is 5.75. The lowest BCUT2D eigenvalue weighted by atomic mass is 9.83. The van der Waals surface area contributed by atoms with Crippen molar-refractivity contribution in [1.29, 1.82) is 0 Å². The van der Waals surface area contributed by atoms with E-state index in [2.05, 4.69) is 11.4 Å². The van der Waals surface area contributed by atoms with Gasteiger partial charge in [0.2, 0.25) is 5.78 Å². The number of nitrogens with one attached hydrogen (secondary N) is 1. The molecule has 1 saturated carbocycles. The first kappa shape index (κ1) is 19.3. The van der Waals surface area contributed by atoms with Crippen molar-refractivity contribution in [3.05, 3.63) is 52.0 Å². The maximum atomic E-state index is 13.2. The van der Waals surface area contributed by atoms with E-state index in [4.69, 9.17) is 21.1 Å². The zero-order valence-corrected chi connectivity index (χ0v) is 17.9. The molecule has 2 aromatic rings. The minimum Gasteiger partial charge on any atom is -0.488 e. The highest BCUT2D eigenvalue weighted by Gasteiger charge is 2.42. The van der Waals surface area contributed by atoms with E-state index in [-0.39, 0.29) is 17.8 Å². The minimum atomic E-state index is -0.698. The third-order valence-corrected chi connectivity index (χ3v) is 7.57. The molecule has 4 atom stereocenters. The normalized spacial score (nSPS) is 28.2. The summed E-state index contributed by atoms with van der Waals surface area (Å²) >= 11 is 6.10. The fourth-order valence-corrected chi connectivity index (χ4v) is 5.91. The number of carbonyl (C=O) groups is 2. The molecule has 1 saturated heterocycles. The largest absolute Gasteiger partial charge is 0.488 e. The molecule has 0 amide bonds. The van der Waals surface area contributed by atoms with Crippen LogP contribution in [0, 0.1) is 5.92 Å². The van der Waals surface area contributed by atoms with E-state index in [9.17, 15) is 9.59 Å². The highest BCUT2D eigenvalue weighted by Crippen LogP contribution is 2.41. The second-order valence-electron chi connectivity index (χ2n) is 9.18. The van der Waals surface area contributed by atoms with Crippen molar-refractivity contribution in [2.45, 2.75) is 63.3 Å². The summed E-state index contributed by atoms with van der Waals surface area (Å²) in [5, 5.41) is 4.06. The first-order valence-electron chi connectivity index (χ1n) is 11.2. The van der Waals surface area contributed by atoms with E-state index in [0.717, 1.165) is 40.8 Å². The van der Waals surface area contributed by atoms with Crippen LogP contribution in [0.25, 0.3) is 11.1 Å². The number of ketones is 1. The quantitative estimate of drug-likeness (QED) is 0.702. The van der Waals surface area contributed by atoms with E-state index in [1.165, 1.54) is 12.8 Å². The van der Waals surface area contributed by atoms with Crippen molar-refractivity contribution < 1.29 is 19.1 Å². The van der Waals surface area contributed by atoms with Crippen LogP contribution >= 0.6 is 11.6 Å². The molecular formula is C25H24ClNO4. The molecule has 2 fully saturated rings. The van der Waals surface area contributed by atoms with Crippen molar-refractivity contribution in [3.8, 4) is 16.9 Å². The van der Waals surface area contributed by atoms with Crippen molar-refractivity contribution in [3.63, 3.8) is 0 Å². The number of fused-ring (bicyclic) bond motifs is 5. The van der Waals surface area contributed by atoms with Crippen molar-refractivity contribution in [1.82, 2.24) is 5.32 Å². The zero-order chi connectivity index (χ0) is 21.1. The smallest absolute Gasteiger partial charge is 0.323 e. The van der Waals surface area contributed by atoms with Crippen LogP contribution in [0.3, 0.4) is 0 Å². The van der Waals surface area contributed by atoms with Crippen LogP contribution in [0.1, 0.15) is 53.6 Å². The number of halogens is 1. The number of hydrogen-bond acceptors (Lipinski definition) is 5. The van der Waals surface area contributed by atoms with Crippen LogP contribution in [-0.4, -0.2) is 29.9 Å². The monoisotopic (exact) mass is 437 g/mol. The minimum absolute atomic E-state index is 0.0995. The van der Waals surface area contributed by atoms with Gasteiger partial charge in [-0.15, -0.1) is 0 Å². The molecule has 4 aliphatic rings. The van der Waals surface area contributed by atoms with Gasteiger partial charge >= 0.3 is 5.97 Å². The van der Waals surface area contributed by atoms with Crippen LogP contribution in [-0.2, 0) is 22.6 Å². The molecule has 160 valence electrons. The second kappa shape index (κ2) is 7.35. The van der Waals surface area contributed by atoms with E-state index < -0.39 is 6.10 Å². The number of hydrogen-bond donors (Lipinski definition) is 1. The Hall–Kier alpha value is -2.37. The van der Waals surface area contributed by atoms with Gasteiger partial charge in [0.15, 0.2) is 6.10 Å². The van der Waals surface area contributed by atoms with Gasteiger partial charge in [0.05, 0.1) is 0 Å². The molecule has 2 aromatic carbocycles. The molecule has 1 N–H and O–H groups in total. The Balaban J connectivity index is 1.22. The number of benzene rings is 2. The SMILES string of the molecule is O=C1c2cc3c(cc2CCC1OC(=O)[C@@H]1C[C@@H]2CCC[C@@H]2N1)-c1ccc(Cl)cc1OC3. The number of aryl methyl sites for hydroxylation is 1. The Labute approximate surface area is 186 Å². The molecule has 6 rings (SSSR count). The van der Waals surface area contributed by atoms with Gasteiger partial charge in [-0.2, -0.15) is 0 Å². The summed E-state index contributed by atoms with van der Waals surface area (Å²) in [6, 6.07) is 9.81. The molecule has 0 spiro atoms. The maximum Gasteiger partial charge on any atom is 0.323 e. The molecule has 31 heavy (non-hydrogen) atoms. The predicted molar refractivity (Wildman–Crippen MR) is 116 cm³/mol. The summed E-state index contributed by atoms with van der Waals surface area (Å²) in [6.07, 6.45) is 4.91. The van der Waals surface area contributed by atoms with Gasteiger partial charge in [-0.1, -0.05) is 18.0 Å². The molecule has 1 unspecified atom stereocenters. The molecule has 2 aliphatic heterocycles. The van der Waals surface area contributed by atoms with Crippen LogP contribution in [0.2, 0.25) is 5.02 Å². The Morgan fingerprint density at radius 3 is 2.81 bits per heavy atom. The van der Waals surface area contributed by atoms with E-state index in [1.807, 2.05) is 24.3 Å². The lowest BCUT2D eigenvalue weighted by Gasteiger charge is -2.28. The van der Waals surface area contributed by atoms with E-state index in [1.54, 1.807) is 0 Å². The summed E-state index contributed by atoms with van der Waals surface area (Å²) in [7, 11) is 0. The van der Waals surface area contributed by atoms with Gasteiger partial charge in [0.1, 0.15) is 18.4 Å². The standard InChI is InChI=1S/C25H24ClNO4/c26-16-5-6-17-18-8-13-4-7-22(24(28)19(13)9-15(18)12-30-23(17)11-16)31-25(29)21-10-14-2-1-3-20(14)27-21/h5-6,8-9,11,14,20-22,27H,1-4,7,10,12H2/t14-,20-,21-,22?/m0/s1. The summed E-state index contributed by atoms with van der Waals surface area (Å²) in [4.78, 5) is 25.9. The van der Waals surface area contributed by atoms with Crippen LogP contribution in [0.15, 0.2) is 30.3 Å². The predicted octanol–water partition coefficient (Wildman–Crippen LogP) is 4.47. The summed E-state index contributed by atoms with van der Waals surface area (Å²) in [6.45, 7) is 0.391. The summed E-state index contributed by atoms with van der Waals surface area (Å²) in [5.41, 5.74) is 4.71. The van der Waals surface area contributed by atoms with Gasteiger partial charge in [-0.05, 0) is 85.0 Å². The number of Topliss-reactive ketones (excluding diaryl/α,β-unsaturated/α-hetero) is 1. The highest BCUT2D eigenvalue weighted by molar-refractivity contribution is 6.30. The number of ether oxygens (including phenoxy) is 2. The van der Waals surface area contributed by atoms with E-state index in [0.29, 0.717) is 42.0 Å². The average molecular weight is 438 g/mol. The number of esters is 1. The lowest BCUT2D eigenvalue weighted by molar-refractivity contribution is -0.149. The molecular weight excluding hydrogens is 414 g/mol. The molecule has 6 heteroatoms. The Morgan fingerprint density at radius 1 is 1.06 bits per heavy atom. The molecule has 0 bridgehead atoms. The summed E-state index contributed by atoms with van der Waals surface area (Å²) in [5.74, 6) is 0.966. The van der Waals surface area contributed by atoms with Crippen LogP contribution in [0.5, 0.6) is 5.75 Å². The van der Waals surface area contributed by atoms with Gasteiger partial charge in [-0.25, -0.2) is 0 Å². The Kier molecular flexibility index (Phi) is 4.58. The van der Waals surface area contributed by atoms with Crippen molar-refractivity contribution >= 4 is 23.4 Å². The average Bonchev–Trinajstić information content (AvgIpc) is 3.37. The van der Waals surface area contributed by atoms with Gasteiger partial charge < -0.3 is 14.8 Å². The van der Waals surface area contributed by atoms with Gasteiger partial charge in [0, 0.05) is 22.2 Å². The second-order valence-corrected chi connectivity index (χ2v) is 9.61. The number of rotatable bonds is 2. The molecule has 0 radical (unpaired) electrons. The topological polar surface area (TPSA) is 64.6 Å². The first-order chi connectivity index (χ1) is 15.1. The molecule has 0 aromatic heterocycles. The van der Waals surface area contributed by atoms with Crippen LogP contribution < -0.4 is 10.1 Å². The fraction of sp³-hybridized carbons (Fsp3) is 0.440. The Bertz CT molecular complexity index is 1090. The number of carbonyl (C=O) groups excluding carboxylic acids is 2. The third kappa shape index (κ3) is 3.26.